The largest absolute Gasteiger partial charge is 0.364 e. The SMILES string of the molecule is Cn1cc(S(=O)(=O)N2CCCC2Cc2ccccc2Cl)cc1C(N)=O. The number of sulfonamides is 1. The molecule has 0 radical (unpaired) electrons. The minimum Gasteiger partial charge on any atom is -0.364 e. The van der Waals surface area contributed by atoms with Crippen molar-refractivity contribution in [3.05, 3.63) is 52.8 Å². The summed E-state index contributed by atoms with van der Waals surface area (Å²) in [5, 5.41) is 0.641. The molecule has 1 aromatic carbocycles. The van der Waals surface area contributed by atoms with Gasteiger partial charge in [0.05, 0.1) is 0 Å². The number of aromatic nitrogens is 1. The Morgan fingerprint density at radius 1 is 1.36 bits per heavy atom. The highest BCUT2D eigenvalue weighted by Gasteiger charge is 2.36. The van der Waals surface area contributed by atoms with E-state index in [1.54, 1.807) is 13.1 Å². The number of aryl methyl sites for hydroxylation is 1. The van der Waals surface area contributed by atoms with Crippen molar-refractivity contribution in [2.45, 2.75) is 30.2 Å². The number of hydrogen-bond acceptors (Lipinski definition) is 3. The van der Waals surface area contributed by atoms with Crippen LogP contribution in [0.4, 0.5) is 0 Å². The van der Waals surface area contributed by atoms with Gasteiger partial charge in [0.1, 0.15) is 10.6 Å². The van der Waals surface area contributed by atoms with E-state index < -0.39 is 15.9 Å². The predicted octanol–water partition coefficient (Wildman–Crippen LogP) is 2.17. The molecule has 1 aliphatic rings. The van der Waals surface area contributed by atoms with Crippen LogP contribution in [-0.4, -0.2) is 35.8 Å². The van der Waals surface area contributed by atoms with Gasteiger partial charge in [-0.15, -0.1) is 0 Å². The van der Waals surface area contributed by atoms with Gasteiger partial charge in [-0.2, -0.15) is 4.31 Å². The average molecular weight is 382 g/mol. The van der Waals surface area contributed by atoms with Gasteiger partial charge in [0.25, 0.3) is 5.91 Å². The lowest BCUT2D eigenvalue weighted by Crippen LogP contribution is -2.36. The van der Waals surface area contributed by atoms with Crippen LogP contribution in [0.5, 0.6) is 0 Å². The van der Waals surface area contributed by atoms with E-state index in [9.17, 15) is 13.2 Å². The summed E-state index contributed by atoms with van der Waals surface area (Å²) in [5.41, 5.74) is 6.39. The number of rotatable bonds is 5. The molecule has 1 unspecified atom stereocenters. The molecule has 3 rings (SSSR count). The smallest absolute Gasteiger partial charge is 0.265 e. The third-order valence-corrected chi connectivity index (χ3v) is 6.86. The molecule has 1 atom stereocenters. The lowest BCUT2D eigenvalue weighted by atomic mass is 10.0. The van der Waals surface area contributed by atoms with E-state index in [2.05, 4.69) is 0 Å². The van der Waals surface area contributed by atoms with E-state index in [0.717, 1.165) is 18.4 Å². The molecule has 0 bridgehead atoms. The van der Waals surface area contributed by atoms with Crippen molar-refractivity contribution >= 4 is 27.5 Å². The number of benzene rings is 1. The fraction of sp³-hybridized carbons (Fsp3) is 0.353. The van der Waals surface area contributed by atoms with Crippen molar-refractivity contribution in [2.75, 3.05) is 6.54 Å². The summed E-state index contributed by atoms with van der Waals surface area (Å²) in [6.07, 6.45) is 3.57. The summed E-state index contributed by atoms with van der Waals surface area (Å²) in [6, 6.07) is 8.65. The highest BCUT2D eigenvalue weighted by atomic mass is 35.5. The zero-order valence-electron chi connectivity index (χ0n) is 13.9. The Labute approximate surface area is 152 Å². The van der Waals surface area contributed by atoms with Crippen LogP contribution < -0.4 is 5.73 Å². The Kier molecular flexibility index (Phi) is 4.90. The molecule has 2 aromatic rings. The molecule has 134 valence electrons. The quantitative estimate of drug-likeness (QED) is 0.861. The standard InChI is InChI=1S/C17H20ClN3O3S/c1-20-11-14(10-16(20)17(19)22)25(23,24)21-8-4-6-13(21)9-12-5-2-3-7-15(12)18/h2-3,5,7,10-11,13H,4,6,8-9H2,1H3,(H2,19,22). The first kappa shape index (κ1) is 18.0. The second-order valence-electron chi connectivity index (χ2n) is 6.24. The second-order valence-corrected chi connectivity index (χ2v) is 8.54. The number of primary amides is 1. The zero-order valence-corrected chi connectivity index (χ0v) is 15.4. The third-order valence-electron chi connectivity index (χ3n) is 4.58. The van der Waals surface area contributed by atoms with Gasteiger partial charge in [0, 0.05) is 30.9 Å². The maximum absolute atomic E-state index is 13.0. The van der Waals surface area contributed by atoms with Gasteiger partial charge in [-0.1, -0.05) is 29.8 Å². The number of hydrogen-bond donors (Lipinski definition) is 1. The maximum atomic E-state index is 13.0. The van der Waals surface area contributed by atoms with Crippen molar-refractivity contribution in [3.63, 3.8) is 0 Å². The number of amides is 1. The topological polar surface area (TPSA) is 85.4 Å². The third kappa shape index (κ3) is 3.44. The average Bonchev–Trinajstić information content (AvgIpc) is 3.16. The summed E-state index contributed by atoms with van der Waals surface area (Å²) in [4.78, 5) is 11.5. The van der Waals surface area contributed by atoms with Crippen LogP contribution in [0.15, 0.2) is 41.4 Å². The zero-order chi connectivity index (χ0) is 18.2. The van der Waals surface area contributed by atoms with Gasteiger partial charge in [-0.25, -0.2) is 8.42 Å². The number of carbonyl (C=O) groups is 1. The van der Waals surface area contributed by atoms with Crippen LogP contribution in [0.3, 0.4) is 0 Å². The number of nitrogens with zero attached hydrogens (tertiary/aromatic N) is 2. The monoisotopic (exact) mass is 381 g/mol. The highest BCUT2D eigenvalue weighted by Crippen LogP contribution is 2.30. The molecule has 0 aliphatic carbocycles. The first-order valence-corrected chi connectivity index (χ1v) is 9.84. The van der Waals surface area contributed by atoms with Gasteiger partial charge in [-0.05, 0) is 37.0 Å². The number of nitrogens with two attached hydrogens (primary N) is 1. The van der Waals surface area contributed by atoms with Crippen molar-refractivity contribution in [1.82, 2.24) is 8.87 Å². The predicted molar refractivity (Wildman–Crippen MR) is 96.0 cm³/mol. The molecule has 25 heavy (non-hydrogen) atoms. The fourth-order valence-corrected chi connectivity index (χ4v) is 5.28. The molecule has 6 nitrogen and oxygen atoms in total. The van der Waals surface area contributed by atoms with Crippen molar-refractivity contribution < 1.29 is 13.2 Å². The molecule has 1 aliphatic heterocycles. The second kappa shape index (κ2) is 6.82. The molecule has 0 spiro atoms. The Bertz CT molecular complexity index is 908. The Balaban J connectivity index is 1.89. The van der Waals surface area contributed by atoms with E-state index in [4.69, 9.17) is 17.3 Å². The van der Waals surface area contributed by atoms with Gasteiger partial charge >= 0.3 is 0 Å². The van der Waals surface area contributed by atoms with Crippen LogP contribution in [0.25, 0.3) is 0 Å². The van der Waals surface area contributed by atoms with E-state index in [1.807, 2.05) is 18.2 Å². The molecular weight excluding hydrogens is 362 g/mol. The van der Waals surface area contributed by atoms with Crippen LogP contribution in [0.2, 0.25) is 5.02 Å². The normalized spacial score (nSPS) is 18.6. The van der Waals surface area contributed by atoms with E-state index in [-0.39, 0.29) is 16.6 Å². The molecule has 1 fully saturated rings. The minimum atomic E-state index is -3.69. The number of carbonyl (C=O) groups excluding carboxylic acids is 1. The van der Waals surface area contributed by atoms with E-state index >= 15 is 0 Å². The van der Waals surface area contributed by atoms with Crippen LogP contribution in [0.1, 0.15) is 28.9 Å². The molecule has 0 saturated carbocycles. The van der Waals surface area contributed by atoms with Crippen LogP contribution >= 0.6 is 11.6 Å². The van der Waals surface area contributed by atoms with Gasteiger partial charge in [-0.3, -0.25) is 4.79 Å². The summed E-state index contributed by atoms with van der Waals surface area (Å²) < 4.78 is 29.0. The molecular formula is C17H20ClN3O3S. The summed E-state index contributed by atoms with van der Waals surface area (Å²) in [7, 11) is -2.09. The van der Waals surface area contributed by atoms with Crippen LogP contribution in [0, 0.1) is 0 Å². The van der Waals surface area contributed by atoms with E-state index in [0.29, 0.717) is 18.0 Å². The van der Waals surface area contributed by atoms with Crippen molar-refractivity contribution in [2.24, 2.45) is 12.8 Å². The Morgan fingerprint density at radius 2 is 2.08 bits per heavy atom. The Hall–Kier alpha value is -1.83. The highest BCUT2D eigenvalue weighted by molar-refractivity contribution is 7.89. The molecule has 1 amide bonds. The fourth-order valence-electron chi connectivity index (χ4n) is 3.30. The minimum absolute atomic E-state index is 0.0925. The molecule has 1 aromatic heterocycles. The van der Waals surface area contributed by atoms with Crippen LogP contribution in [-0.2, 0) is 23.5 Å². The van der Waals surface area contributed by atoms with Gasteiger partial charge in [0.2, 0.25) is 10.0 Å². The Morgan fingerprint density at radius 3 is 2.72 bits per heavy atom. The van der Waals surface area contributed by atoms with E-state index in [1.165, 1.54) is 21.1 Å². The lowest BCUT2D eigenvalue weighted by Gasteiger charge is -2.24. The molecule has 2 N–H and O–H groups in total. The summed E-state index contributed by atoms with van der Waals surface area (Å²) in [6.45, 7) is 0.457. The van der Waals surface area contributed by atoms with Gasteiger partial charge < -0.3 is 10.3 Å². The molecule has 1 saturated heterocycles. The van der Waals surface area contributed by atoms with Crippen molar-refractivity contribution in [3.8, 4) is 0 Å². The first-order chi connectivity index (χ1) is 11.8. The summed E-state index contributed by atoms with van der Waals surface area (Å²) >= 11 is 6.22. The van der Waals surface area contributed by atoms with Gasteiger partial charge in [0.15, 0.2) is 0 Å². The lowest BCUT2D eigenvalue weighted by molar-refractivity contribution is 0.0992. The molecule has 8 heteroatoms. The molecule has 2 heterocycles. The van der Waals surface area contributed by atoms with Crippen molar-refractivity contribution in [1.29, 1.82) is 0 Å². The summed E-state index contributed by atoms with van der Waals surface area (Å²) in [5.74, 6) is -0.655. The first-order valence-electron chi connectivity index (χ1n) is 8.02. The maximum Gasteiger partial charge on any atom is 0.265 e. The number of halogens is 1.